The third-order valence-corrected chi connectivity index (χ3v) is 4.98. The van der Waals surface area contributed by atoms with Crippen molar-refractivity contribution in [1.29, 1.82) is 0 Å². The summed E-state index contributed by atoms with van der Waals surface area (Å²) in [6, 6.07) is 0. The van der Waals surface area contributed by atoms with Crippen molar-refractivity contribution >= 4 is 46.6 Å². The highest BCUT2D eigenvalue weighted by Crippen LogP contribution is 2.45. The van der Waals surface area contributed by atoms with Gasteiger partial charge >= 0.3 is 0 Å². The SMILES string of the molecule is ClC(Cl)(Cl)SC1CCOC1OC1CCCCC1. The maximum atomic E-state index is 5.99. The van der Waals surface area contributed by atoms with Crippen LogP contribution in [0.3, 0.4) is 0 Å². The predicted molar refractivity (Wildman–Crippen MR) is 74.0 cm³/mol. The molecule has 1 aliphatic heterocycles. The van der Waals surface area contributed by atoms with E-state index in [9.17, 15) is 0 Å². The molecule has 0 aromatic heterocycles. The van der Waals surface area contributed by atoms with E-state index in [2.05, 4.69) is 0 Å². The summed E-state index contributed by atoms with van der Waals surface area (Å²) in [5.41, 5.74) is 0. The molecule has 2 atom stereocenters. The van der Waals surface area contributed by atoms with Gasteiger partial charge in [0.2, 0.25) is 3.12 Å². The summed E-state index contributed by atoms with van der Waals surface area (Å²) in [6.07, 6.45) is 7.08. The van der Waals surface area contributed by atoms with E-state index in [0.717, 1.165) is 19.3 Å². The number of halogens is 3. The zero-order valence-corrected chi connectivity index (χ0v) is 12.6. The molecule has 1 aliphatic carbocycles. The summed E-state index contributed by atoms with van der Waals surface area (Å²) in [5, 5.41) is 0.129. The van der Waals surface area contributed by atoms with E-state index in [1.165, 1.54) is 31.0 Å². The maximum absolute atomic E-state index is 5.99. The largest absolute Gasteiger partial charge is 0.351 e. The third-order valence-electron chi connectivity index (χ3n) is 3.15. The lowest BCUT2D eigenvalue weighted by Gasteiger charge is -2.28. The average Bonchev–Trinajstić information content (AvgIpc) is 2.65. The highest BCUT2D eigenvalue weighted by Gasteiger charge is 2.37. The second kappa shape index (κ2) is 6.53. The van der Waals surface area contributed by atoms with E-state index in [0.29, 0.717) is 12.7 Å². The number of thioether (sulfide) groups is 1. The summed E-state index contributed by atoms with van der Waals surface area (Å²) in [7, 11) is 0. The van der Waals surface area contributed by atoms with Gasteiger partial charge in [-0.1, -0.05) is 65.8 Å². The predicted octanol–water partition coefficient (Wildman–Crippen LogP) is 4.51. The molecule has 100 valence electrons. The van der Waals surface area contributed by atoms with Gasteiger partial charge in [-0.15, -0.1) is 0 Å². The zero-order chi connectivity index (χ0) is 12.3. The van der Waals surface area contributed by atoms with Gasteiger partial charge in [-0.05, 0) is 19.3 Å². The van der Waals surface area contributed by atoms with Crippen molar-refractivity contribution in [3.8, 4) is 0 Å². The Bertz CT molecular complexity index is 241. The van der Waals surface area contributed by atoms with Gasteiger partial charge in [-0.3, -0.25) is 0 Å². The molecule has 2 aliphatic rings. The minimum absolute atomic E-state index is 0.129. The van der Waals surface area contributed by atoms with Crippen LogP contribution in [0, 0.1) is 0 Å². The quantitative estimate of drug-likeness (QED) is 0.713. The van der Waals surface area contributed by atoms with Gasteiger partial charge in [0.05, 0.1) is 18.0 Å². The summed E-state index contributed by atoms with van der Waals surface area (Å²) >= 11 is 18.7. The van der Waals surface area contributed by atoms with Crippen LogP contribution in [-0.4, -0.2) is 27.4 Å². The van der Waals surface area contributed by atoms with Crippen LogP contribution in [-0.2, 0) is 9.47 Å². The smallest absolute Gasteiger partial charge is 0.237 e. The lowest BCUT2D eigenvalue weighted by molar-refractivity contribution is -0.148. The molecule has 0 aromatic carbocycles. The van der Waals surface area contributed by atoms with Crippen LogP contribution in [0.4, 0.5) is 0 Å². The number of hydrogen-bond donors (Lipinski definition) is 0. The molecule has 2 fully saturated rings. The van der Waals surface area contributed by atoms with E-state index >= 15 is 0 Å². The zero-order valence-electron chi connectivity index (χ0n) is 9.54. The van der Waals surface area contributed by atoms with Crippen molar-refractivity contribution in [2.75, 3.05) is 6.61 Å². The molecule has 2 nitrogen and oxygen atoms in total. The minimum atomic E-state index is -1.29. The standard InChI is InChI=1S/C11H17Cl3O2S/c12-11(13,14)17-9-6-7-15-10(9)16-8-4-2-1-3-5-8/h8-10H,1-7H2. The fourth-order valence-corrected chi connectivity index (χ4v) is 4.19. The van der Waals surface area contributed by atoms with Gasteiger partial charge in [0.25, 0.3) is 0 Å². The van der Waals surface area contributed by atoms with Gasteiger partial charge in [0.15, 0.2) is 6.29 Å². The van der Waals surface area contributed by atoms with Crippen LogP contribution < -0.4 is 0 Å². The third kappa shape index (κ3) is 4.96. The summed E-state index contributed by atoms with van der Waals surface area (Å²) in [5.74, 6) is 0. The topological polar surface area (TPSA) is 18.5 Å². The number of alkyl halides is 3. The Hall–Kier alpha value is 1.14. The first-order valence-electron chi connectivity index (χ1n) is 6.06. The first-order chi connectivity index (χ1) is 8.04. The second-order valence-electron chi connectivity index (χ2n) is 4.53. The highest BCUT2D eigenvalue weighted by molar-refractivity contribution is 8.05. The van der Waals surface area contributed by atoms with Crippen molar-refractivity contribution in [2.24, 2.45) is 0 Å². The maximum Gasteiger partial charge on any atom is 0.237 e. The Balaban J connectivity index is 1.82. The Kier molecular flexibility index (Phi) is 5.59. The summed E-state index contributed by atoms with van der Waals surface area (Å²) in [6.45, 7) is 0.690. The Morgan fingerprint density at radius 2 is 1.76 bits per heavy atom. The van der Waals surface area contributed by atoms with Gasteiger partial charge < -0.3 is 9.47 Å². The fourth-order valence-electron chi connectivity index (χ4n) is 2.35. The number of hydrogen-bond acceptors (Lipinski definition) is 3. The average molecular weight is 320 g/mol. The van der Waals surface area contributed by atoms with Crippen LogP contribution in [0.1, 0.15) is 38.5 Å². The van der Waals surface area contributed by atoms with Crippen molar-refractivity contribution < 1.29 is 9.47 Å². The molecule has 6 heteroatoms. The lowest BCUT2D eigenvalue weighted by Crippen LogP contribution is -2.30. The summed E-state index contributed by atoms with van der Waals surface area (Å²) < 4.78 is 10.3. The molecule has 17 heavy (non-hydrogen) atoms. The van der Waals surface area contributed by atoms with Crippen molar-refractivity contribution in [2.45, 2.75) is 59.3 Å². The molecule has 0 bridgehead atoms. The summed E-state index contributed by atoms with van der Waals surface area (Å²) in [4.78, 5) is 0. The van der Waals surface area contributed by atoms with Crippen LogP contribution in [0.2, 0.25) is 0 Å². The molecular formula is C11H17Cl3O2S. The first kappa shape index (κ1) is 14.5. The lowest BCUT2D eigenvalue weighted by atomic mass is 9.98. The Morgan fingerprint density at radius 1 is 1.06 bits per heavy atom. The molecule has 0 amide bonds. The molecule has 2 unspecified atom stereocenters. The van der Waals surface area contributed by atoms with Gasteiger partial charge in [-0.2, -0.15) is 0 Å². The van der Waals surface area contributed by atoms with E-state index < -0.39 is 3.12 Å². The van der Waals surface area contributed by atoms with Crippen LogP contribution in [0.5, 0.6) is 0 Å². The minimum Gasteiger partial charge on any atom is -0.351 e. The molecule has 0 spiro atoms. The molecule has 0 aromatic rings. The van der Waals surface area contributed by atoms with Gasteiger partial charge in [0.1, 0.15) is 0 Å². The molecule has 2 rings (SSSR count). The monoisotopic (exact) mass is 318 g/mol. The van der Waals surface area contributed by atoms with E-state index in [1.807, 2.05) is 0 Å². The van der Waals surface area contributed by atoms with Crippen LogP contribution in [0.15, 0.2) is 0 Å². The van der Waals surface area contributed by atoms with Crippen molar-refractivity contribution in [3.63, 3.8) is 0 Å². The normalized spacial score (nSPS) is 31.9. The molecule has 1 heterocycles. The van der Waals surface area contributed by atoms with Crippen LogP contribution in [0.25, 0.3) is 0 Å². The van der Waals surface area contributed by atoms with Crippen molar-refractivity contribution in [3.05, 3.63) is 0 Å². The first-order valence-corrected chi connectivity index (χ1v) is 8.07. The molecular weight excluding hydrogens is 303 g/mol. The van der Waals surface area contributed by atoms with Crippen LogP contribution >= 0.6 is 46.6 Å². The molecule has 1 saturated heterocycles. The molecule has 0 N–H and O–H groups in total. The molecule has 1 saturated carbocycles. The fraction of sp³-hybridized carbons (Fsp3) is 1.00. The van der Waals surface area contributed by atoms with Gasteiger partial charge in [-0.25, -0.2) is 0 Å². The van der Waals surface area contributed by atoms with E-state index in [-0.39, 0.29) is 11.5 Å². The number of rotatable bonds is 3. The molecule has 0 radical (unpaired) electrons. The highest BCUT2D eigenvalue weighted by atomic mass is 35.6. The second-order valence-corrected chi connectivity index (χ2v) is 8.93. The van der Waals surface area contributed by atoms with Crippen molar-refractivity contribution in [1.82, 2.24) is 0 Å². The van der Waals surface area contributed by atoms with E-state index in [1.54, 1.807) is 0 Å². The number of ether oxygens (including phenoxy) is 2. The Labute approximate surface area is 122 Å². The Morgan fingerprint density at radius 3 is 2.41 bits per heavy atom. The van der Waals surface area contributed by atoms with E-state index in [4.69, 9.17) is 44.3 Å². The van der Waals surface area contributed by atoms with Gasteiger partial charge in [0, 0.05) is 0 Å².